The van der Waals surface area contributed by atoms with E-state index in [2.05, 4.69) is 20.2 Å². The molecule has 2 aromatic carbocycles. The van der Waals surface area contributed by atoms with E-state index in [1.54, 1.807) is 46.1 Å². The monoisotopic (exact) mass is 488 g/mol. The first-order valence-corrected chi connectivity index (χ1v) is 12.4. The molecule has 10 heteroatoms. The third-order valence-electron chi connectivity index (χ3n) is 5.64. The Labute approximate surface area is 200 Å². The van der Waals surface area contributed by atoms with Crippen molar-refractivity contribution in [1.29, 1.82) is 0 Å². The molecule has 0 aliphatic heterocycles. The van der Waals surface area contributed by atoms with Crippen LogP contribution in [-0.4, -0.2) is 29.1 Å². The van der Waals surface area contributed by atoms with Crippen LogP contribution in [-0.2, 0) is 12.3 Å². The highest BCUT2D eigenvalue weighted by Crippen LogP contribution is 2.37. The van der Waals surface area contributed by atoms with Gasteiger partial charge in [-0.05, 0) is 42.8 Å². The molecule has 34 heavy (non-hydrogen) atoms. The summed E-state index contributed by atoms with van der Waals surface area (Å²) in [6.07, 6.45) is 1.55. The lowest BCUT2D eigenvalue weighted by Crippen LogP contribution is -2.22. The average Bonchev–Trinajstić information content (AvgIpc) is 3.49. The van der Waals surface area contributed by atoms with Crippen molar-refractivity contribution in [2.45, 2.75) is 24.2 Å². The number of fused-ring (bicyclic) bond motifs is 4. The molecule has 6 aromatic rings. The highest BCUT2D eigenvalue weighted by molar-refractivity contribution is 7.98. The van der Waals surface area contributed by atoms with E-state index in [-0.39, 0.29) is 11.4 Å². The number of thioether (sulfide) groups is 1. The fraction of sp³-hybridized carbons (Fsp3) is 0.125. The van der Waals surface area contributed by atoms with E-state index in [1.165, 1.54) is 12.1 Å². The summed E-state index contributed by atoms with van der Waals surface area (Å²) in [7, 11) is 0. The van der Waals surface area contributed by atoms with Crippen LogP contribution in [0.5, 0.6) is 0 Å². The molecule has 0 amide bonds. The Hall–Kier alpha value is -3.63. The van der Waals surface area contributed by atoms with E-state index in [0.717, 1.165) is 37.0 Å². The van der Waals surface area contributed by atoms with Gasteiger partial charge >= 0.3 is 0 Å². The Morgan fingerprint density at radius 1 is 1.06 bits per heavy atom. The first-order valence-electron chi connectivity index (χ1n) is 10.6. The van der Waals surface area contributed by atoms with E-state index in [1.807, 2.05) is 41.7 Å². The summed E-state index contributed by atoms with van der Waals surface area (Å²) in [5.74, 6) is 1.52. The van der Waals surface area contributed by atoms with Crippen LogP contribution in [0.25, 0.3) is 37.3 Å². The van der Waals surface area contributed by atoms with Crippen LogP contribution in [0, 0.1) is 5.82 Å². The van der Waals surface area contributed by atoms with Crippen molar-refractivity contribution in [3.05, 3.63) is 82.9 Å². The fourth-order valence-corrected chi connectivity index (χ4v) is 6.13. The van der Waals surface area contributed by atoms with E-state index in [4.69, 9.17) is 0 Å². The third-order valence-corrected chi connectivity index (χ3v) is 7.93. The second-order valence-corrected chi connectivity index (χ2v) is 9.63. The zero-order chi connectivity index (χ0) is 23.2. The molecule has 168 valence electrons. The van der Waals surface area contributed by atoms with Crippen LogP contribution in [0.1, 0.15) is 12.7 Å². The van der Waals surface area contributed by atoms with Crippen molar-refractivity contribution in [2.75, 3.05) is 0 Å². The Kier molecular flexibility index (Phi) is 5.11. The number of aromatic nitrogens is 6. The second kappa shape index (κ2) is 8.30. The van der Waals surface area contributed by atoms with Crippen LogP contribution in [0.4, 0.5) is 4.39 Å². The molecule has 0 saturated heterocycles. The van der Waals surface area contributed by atoms with E-state index in [9.17, 15) is 9.18 Å². The first kappa shape index (κ1) is 20.9. The SMILES string of the molecule is CCn1c(=O)c2ccccc2n2c(CSc3ncnc4cc(-c5ccc(F)cc5)sc34)nnc12. The van der Waals surface area contributed by atoms with Gasteiger partial charge in [0.25, 0.3) is 5.56 Å². The number of thiophene rings is 1. The molecule has 6 rings (SSSR count). The summed E-state index contributed by atoms with van der Waals surface area (Å²) < 4.78 is 17.9. The van der Waals surface area contributed by atoms with Crippen LogP contribution in [0.2, 0.25) is 0 Å². The largest absolute Gasteiger partial charge is 0.277 e. The second-order valence-electron chi connectivity index (χ2n) is 7.62. The van der Waals surface area contributed by atoms with Crippen LogP contribution < -0.4 is 5.56 Å². The minimum Gasteiger partial charge on any atom is -0.277 e. The molecular weight excluding hydrogens is 471 g/mol. The third kappa shape index (κ3) is 3.37. The fourth-order valence-electron chi connectivity index (χ4n) is 4.02. The Morgan fingerprint density at radius 3 is 2.71 bits per heavy atom. The van der Waals surface area contributed by atoms with Gasteiger partial charge in [0.2, 0.25) is 5.78 Å². The normalized spacial score (nSPS) is 11.7. The first-order chi connectivity index (χ1) is 16.6. The number of nitrogens with zero attached hydrogens (tertiary/aromatic N) is 6. The molecule has 0 fully saturated rings. The summed E-state index contributed by atoms with van der Waals surface area (Å²) in [5.41, 5.74) is 2.50. The van der Waals surface area contributed by atoms with Gasteiger partial charge in [-0.25, -0.2) is 14.4 Å². The van der Waals surface area contributed by atoms with E-state index >= 15 is 0 Å². The van der Waals surface area contributed by atoms with Gasteiger partial charge in [-0.2, -0.15) is 0 Å². The number of hydrogen-bond acceptors (Lipinski definition) is 7. The predicted molar refractivity (Wildman–Crippen MR) is 133 cm³/mol. The topological polar surface area (TPSA) is 78.0 Å². The van der Waals surface area contributed by atoms with E-state index in [0.29, 0.717) is 23.5 Å². The summed E-state index contributed by atoms with van der Waals surface area (Å²) in [6.45, 7) is 2.43. The molecule has 0 aliphatic carbocycles. The highest BCUT2D eigenvalue weighted by Gasteiger charge is 2.17. The quantitative estimate of drug-likeness (QED) is 0.246. The molecule has 0 spiro atoms. The van der Waals surface area contributed by atoms with E-state index < -0.39 is 0 Å². The Balaban J connectivity index is 1.40. The van der Waals surface area contributed by atoms with Crippen molar-refractivity contribution in [3.8, 4) is 10.4 Å². The minimum absolute atomic E-state index is 0.0679. The standard InChI is InChI=1S/C24H17FN6OS2/c1-2-30-23(32)16-5-3-4-6-18(16)31-20(28-29-24(30)31)12-33-22-21-17(26-13-27-22)11-19(34-21)14-7-9-15(25)10-8-14/h3-11,13H,2,12H2,1H3. The number of rotatable bonds is 5. The summed E-state index contributed by atoms with van der Waals surface area (Å²) >= 11 is 3.13. The molecule has 0 unspecified atom stereocenters. The molecule has 4 heterocycles. The maximum absolute atomic E-state index is 13.3. The van der Waals surface area contributed by atoms with Gasteiger partial charge in [0.15, 0.2) is 0 Å². The summed E-state index contributed by atoms with van der Waals surface area (Å²) in [4.78, 5) is 22.8. The zero-order valence-electron chi connectivity index (χ0n) is 18.0. The number of hydrogen-bond donors (Lipinski definition) is 0. The van der Waals surface area contributed by atoms with Gasteiger partial charge in [-0.3, -0.25) is 13.8 Å². The molecule has 0 atom stereocenters. The molecule has 0 N–H and O–H groups in total. The smallest absolute Gasteiger partial charge is 0.262 e. The maximum Gasteiger partial charge on any atom is 0.262 e. The van der Waals surface area contributed by atoms with Gasteiger partial charge < -0.3 is 0 Å². The summed E-state index contributed by atoms with van der Waals surface area (Å²) in [5, 5.41) is 10.2. The summed E-state index contributed by atoms with van der Waals surface area (Å²) in [6, 6.07) is 16.0. The van der Waals surface area contributed by atoms with Crippen LogP contribution in [0.3, 0.4) is 0 Å². The van der Waals surface area contributed by atoms with Crippen LogP contribution in [0.15, 0.2) is 70.7 Å². The lowest BCUT2D eigenvalue weighted by atomic mass is 10.2. The molecule has 0 bridgehead atoms. The maximum atomic E-state index is 13.3. The lowest BCUT2D eigenvalue weighted by Gasteiger charge is -2.09. The number of para-hydroxylation sites is 1. The Bertz CT molecular complexity index is 1740. The zero-order valence-corrected chi connectivity index (χ0v) is 19.6. The molecule has 4 aromatic heterocycles. The van der Waals surface area contributed by atoms with Crippen molar-refractivity contribution in [2.24, 2.45) is 0 Å². The predicted octanol–water partition coefficient (Wildman–Crippen LogP) is 5.17. The number of aryl methyl sites for hydroxylation is 1. The number of halogens is 1. The average molecular weight is 489 g/mol. The van der Waals surface area contributed by atoms with Gasteiger partial charge in [-0.1, -0.05) is 36.0 Å². The van der Waals surface area contributed by atoms with Gasteiger partial charge in [-0.15, -0.1) is 21.5 Å². The van der Waals surface area contributed by atoms with Gasteiger partial charge in [0.05, 0.1) is 26.9 Å². The molecule has 0 aliphatic rings. The van der Waals surface area contributed by atoms with Crippen molar-refractivity contribution < 1.29 is 4.39 Å². The Morgan fingerprint density at radius 2 is 1.88 bits per heavy atom. The van der Waals surface area contributed by atoms with Crippen molar-refractivity contribution in [3.63, 3.8) is 0 Å². The number of benzene rings is 2. The van der Waals surface area contributed by atoms with Gasteiger partial charge in [0, 0.05) is 11.4 Å². The minimum atomic E-state index is -0.262. The van der Waals surface area contributed by atoms with Crippen molar-refractivity contribution >= 4 is 50.0 Å². The molecular formula is C24H17FN6OS2. The molecule has 7 nitrogen and oxygen atoms in total. The van der Waals surface area contributed by atoms with Crippen molar-refractivity contribution in [1.82, 2.24) is 29.1 Å². The molecule has 0 radical (unpaired) electrons. The molecule has 0 saturated carbocycles. The van der Waals surface area contributed by atoms with Crippen LogP contribution >= 0.6 is 23.1 Å². The van der Waals surface area contributed by atoms with Gasteiger partial charge in [0.1, 0.15) is 23.0 Å². The lowest BCUT2D eigenvalue weighted by molar-refractivity contribution is 0.628. The highest BCUT2D eigenvalue weighted by atomic mass is 32.2.